The second-order valence-corrected chi connectivity index (χ2v) is 5.27. The van der Waals surface area contributed by atoms with Crippen LogP contribution < -0.4 is 15.4 Å². The van der Waals surface area contributed by atoms with E-state index in [1.807, 2.05) is 0 Å². The molecule has 0 aromatic rings. The van der Waals surface area contributed by atoms with Crippen molar-refractivity contribution in [2.75, 3.05) is 19.3 Å². The fraction of sp³-hybridized carbons (Fsp3) is 0.750. The Kier molecular flexibility index (Phi) is 6.51. The van der Waals surface area contributed by atoms with E-state index in [4.69, 9.17) is 5.11 Å². The Balaban J connectivity index is 4.00. The van der Waals surface area contributed by atoms with Crippen molar-refractivity contribution in [3.05, 3.63) is 0 Å². The van der Waals surface area contributed by atoms with Gasteiger partial charge in [-0.25, -0.2) is 22.7 Å². The first kappa shape index (κ1) is 15.7. The highest BCUT2D eigenvalue weighted by Crippen LogP contribution is 1.90. The van der Waals surface area contributed by atoms with Crippen molar-refractivity contribution in [3.8, 4) is 0 Å². The largest absolute Gasteiger partial charge is 0.480 e. The van der Waals surface area contributed by atoms with Crippen LogP contribution >= 0.6 is 0 Å². The molecule has 0 heterocycles. The minimum absolute atomic E-state index is 0.0922. The molecule has 0 aromatic heterocycles. The van der Waals surface area contributed by atoms with Crippen LogP contribution in [0.5, 0.6) is 0 Å². The minimum atomic E-state index is -3.37. The van der Waals surface area contributed by atoms with Crippen LogP contribution in [-0.2, 0) is 14.8 Å². The van der Waals surface area contributed by atoms with Crippen LogP contribution in [0, 0.1) is 0 Å². The number of urea groups is 1. The van der Waals surface area contributed by atoms with Gasteiger partial charge in [-0.15, -0.1) is 0 Å². The van der Waals surface area contributed by atoms with E-state index < -0.39 is 28.1 Å². The monoisotopic (exact) mass is 267 g/mol. The van der Waals surface area contributed by atoms with Gasteiger partial charge in [0.2, 0.25) is 10.0 Å². The molecule has 9 heteroatoms. The molecule has 0 saturated carbocycles. The highest BCUT2D eigenvalue weighted by Gasteiger charge is 2.17. The summed E-state index contributed by atoms with van der Waals surface area (Å²) in [4.78, 5) is 21.8. The van der Waals surface area contributed by atoms with E-state index >= 15 is 0 Å². The van der Waals surface area contributed by atoms with Gasteiger partial charge in [-0.1, -0.05) is 6.92 Å². The van der Waals surface area contributed by atoms with E-state index in [0.717, 1.165) is 0 Å². The number of carbonyl (C=O) groups is 2. The maximum atomic E-state index is 11.2. The average Bonchev–Trinajstić information content (AvgIpc) is 2.25. The zero-order valence-electron chi connectivity index (χ0n) is 9.69. The Morgan fingerprint density at radius 2 is 1.94 bits per heavy atom. The van der Waals surface area contributed by atoms with Gasteiger partial charge in [0.15, 0.2) is 0 Å². The fourth-order valence-corrected chi connectivity index (χ4v) is 1.52. The molecule has 4 N–H and O–H groups in total. The summed E-state index contributed by atoms with van der Waals surface area (Å²) in [5.41, 5.74) is 0. The first-order valence-electron chi connectivity index (χ1n) is 5.00. The first-order chi connectivity index (χ1) is 7.82. The summed E-state index contributed by atoms with van der Waals surface area (Å²) in [6, 6.07) is -1.68. The van der Waals surface area contributed by atoms with Gasteiger partial charge in [0.25, 0.3) is 0 Å². The maximum Gasteiger partial charge on any atom is 0.326 e. The normalized spacial score (nSPS) is 12.8. The van der Waals surface area contributed by atoms with E-state index in [-0.39, 0.29) is 18.7 Å². The average molecular weight is 267 g/mol. The molecular weight excluding hydrogens is 250 g/mol. The minimum Gasteiger partial charge on any atom is -0.480 e. The number of sulfonamides is 1. The molecule has 0 bridgehead atoms. The lowest BCUT2D eigenvalue weighted by atomic mass is 10.2. The van der Waals surface area contributed by atoms with E-state index in [1.54, 1.807) is 6.92 Å². The van der Waals surface area contributed by atoms with Gasteiger partial charge >= 0.3 is 12.0 Å². The van der Waals surface area contributed by atoms with Gasteiger partial charge in [0.1, 0.15) is 6.04 Å². The molecule has 0 spiro atoms. The second-order valence-electron chi connectivity index (χ2n) is 3.22. The van der Waals surface area contributed by atoms with Crippen LogP contribution in [0.25, 0.3) is 0 Å². The van der Waals surface area contributed by atoms with Gasteiger partial charge in [0.05, 0.1) is 5.75 Å². The lowest BCUT2D eigenvalue weighted by Gasteiger charge is -2.12. The third kappa shape index (κ3) is 6.74. The summed E-state index contributed by atoms with van der Waals surface area (Å²) < 4.78 is 24.1. The summed E-state index contributed by atoms with van der Waals surface area (Å²) in [5.74, 6) is -1.40. The summed E-state index contributed by atoms with van der Waals surface area (Å²) in [6.07, 6.45) is 0.248. The molecule has 0 saturated heterocycles. The number of carbonyl (C=O) groups excluding carboxylic acids is 1. The first-order valence-corrected chi connectivity index (χ1v) is 6.66. The third-order valence-corrected chi connectivity index (χ3v) is 3.34. The zero-order chi connectivity index (χ0) is 13.5. The Labute approximate surface area is 99.8 Å². The Bertz CT molecular complexity index is 367. The molecule has 1 unspecified atom stereocenters. The van der Waals surface area contributed by atoms with Crippen LogP contribution in [0.2, 0.25) is 0 Å². The molecule has 8 nitrogen and oxygen atoms in total. The standard InChI is InChI=1S/C8H17N3O5S/c1-3-6(7(12)13)11-8(14)10-4-5-17(15,16)9-2/h6,9H,3-5H2,1-2H3,(H,12,13)(H2,10,11,14). The SMILES string of the molecule is CCC(NC(=O)NCCS(=O)(=O)NC)C(=O)O. The van der Waals surface area contributed by atoms with Gasteiger partial charge in [-0.3, -0.25) is 0 Å². The number of nitrogens with one attached hydrogen (secondary N) is 3. The molecule has 0 fully saturated rings. The van der Waals surface area contributed by atoms with Gasteiger partial charge in [-0.2, -0.15) is 0 Å². The fourth-order valence-electron chi connectivity index (χ4n) is 0.949. The molecule has 17 heavy (non-hydrogen) atoms. The van der Waals surface area contributed by atoms with E-state index in [2.05, 4.69) is 15.4 Å². The Morgan fingerprint density at radius 1 is 1.35 bits per heavy atom. The molecule has 0 aliphatic heterocycles. The number of hydrogen-bond donors (Lipinski definition) is 4. The van der Waals surface area contributed by atoms with Gasteiger partial charge < -0.3 is 15.7 Å². The zero-order valence-corrected chi connectivity index (χ0v) is 10.5. The molecule has 0 aliphatic rings. The summed E-state index contributed by atoms with van der Waals surface area (Å²) in [7, 11) is -2.10. The number of carboxylic acid groups (broad SMARTS) is 1. The van der Waals surface area contributed by atoms with Crippen LogP contribution in [-0.4, -0.2) is 50.9 Å². The molecular formula is C8H17N3O5S. The molecule has 0 aliphatic carbocycles. The van der Waals surface area contributed by atoms with Gasteiger partial charge in [-0.05, 0) is 13.5 Å². The van der Waals surface area contributed by atoms with Crippen molar-refractivity contribution in [2.24, 2.45) is 0 Å². The molecule has 100 valence electrons. The number of rotatable bonds is 7. The van der Waals surface area contributed by atoms with Crippen LogP contribution in [0.4, 0.5) is 4.79 Å². The van der Waals surface area contributed by atoms with Crippen molar-refractivity contribution < 1.29 is 23.1 Å². The quantitative estimate of drug-likeness (QED) is 0.456. The number of aliphatic carboxylic acids is 1. The summed E-state index contributed by atoms with van der Waals surface area (Å²) in [5, 5.41) is 13.1. The summed E-state index contributed by atoms with van der Waals surface area (Å²) >= 11 is 0. The van der Waals surface area contributed by atoms with Crippen LogP contribution in [0.15, 0.2) is 0 Å². The van der Waals surface area contributed by atoms with E-state index in [1.165, 1.54) is 7.05 Å². The molecule has 1 atom stereocenters. The summed E-state index contributed by atoms with van der Waals surface area (Å²) in [6.45, 7) is 1.52. The number of hydrogen-bond acceptors (Lipinski definition) is 4. The molecule has 0 rings (SSSR count). The maximum absolute atomic E-state index is 11.2. The lowest BCUT2D eigenvalue weighted by molar-refractivity contribution is -0.139. The molecule has 0 aromatic carbocycles. The topological polar surface area (TPSA) is 125 Å². The van der Waals surface area contributed by atoms with Crippen molar-refractivity contribution >= 4 is 22.0 Å². The molecule has 2 amide bonds. The van der Waals surface area contributed by atoms with E-state index in [0.29, 0.717) is 0 Å². The number of amides is 2. The smallest absolute Gasteiger partial charge is 0.326 e. The van der Waals surface area contributed by atoms with Crippen molar-refractivity contribution in [2.45, 2.75) is 19.4 Å². The van der Waals surface area contributed by atoms with Crippen LogP contribution in [0.1, 0.15) is 13.3 Å². The second kappa shape index (κ2) is 7.07. The highest BCUT2D eigenvalue weighted by atomic mass is 32.2. The Hall–Kier alpha value is -1.35. The lowest BCUT2D eigenvalue weighted by Crippen LogP contribution is -2.47. The highest BCUT2D eigenvalue weighted by molar-refractivity contribution is 7.89. The Morgan fingerprint density at radius 3 is 2.35 bits per heavy atom. The van der Waals surface area contributed by atoms with Crippen molar-refractivity contribution in [1.29, 1.82) is 0 Å². The van der Waals surface area contributed by atoms with Crippen molar-refractivity contribution in [3.63, 3.8) is 0 Å². The third-order valence-electron chi connectivity index (χ3n) is 1.98. The number of carboxylic acids is 1. The van der Waals surface area contributed by atoms with Crippen molar-refractivity contribution in [1.82, 2.24) is 15.4 Å². The van der Waals surface area contributed by atoms with Gasteiger partial charge in [0, 0.05) is 6.54 Å². The predicted octanol–water partition coefficient (Wildman–Crippen LogP) is -1.30. The van der Waals surface area contributed by atoms with E-state index in [9.17, 15) is 18.0 Å². The predicted molar refractivity (Wildman–Crippen MR) is 61.1 cm³/mol. The van der Waals surface area contributed by atoms with Crippen LogP contribution in [0.3, 0.4) is 0 Å². The molecule has 0 radical (unpaired) electrons.